The monoisotopic (exact) mass is 1040 g/mol. The van der Waals surface area contributed by atoms with Gasteiger partial charge < -0.3 is 101 Å². The van der Waals surface area contributed by atoms with Gasteiger partial charge in [0.2, 0.25) is 0 Å². The van der Waals surface area contributed by atoms with Crippen LogP contribution in [0.2, 0.25) is 0 Å². The molecule has 0 rings (SSSR count). The Kier molecular flexibility index (Phi) is 22.4. The Bertz CT molecular complexity index is 641. The summed E-state index contributed by atoms with van der Waals surface area (Å²) in [6, 6.07) is 0. The topological polar surface area (TPSA) is 440 Å². The minimum atomic E-state index is -5.71. The molecule has 0 radical (unpaired) electrons. The minimum Gasteiger partial charge on any atom is -0.809 e. The average molecular weight is 1040 g/mol. The van der Waals surface area contributed by atoms with E-state index in [-0.39, 0.29) is 62.2 Å². The van der Waals surface area contributed by atoms with E-state index in [0.29, 0.717) is 0 Å². The molecule has 0 aliphatic carbocycles. The van der Waals surface area contributed by atoms with Gasteiger partial charge in [-0.3, -0.25) is 0 Å². The molecule has 0 atom stereocenters. The third-order valence-corrected chi connectivity index (χ3v) is 10.2. The van der Waals surface area contributed by atoms with Crippen LogP contribution in [0.15, 0.2) is 0 Å². The number of aliphatic hydroxyl groups excluding tert-OH is 3. The van der Waals surface area contributed by atoms with Gasteiger partial charge in [0.15, 0.2) is 0 Å². The maximum absolute atomic E-state index is 9.63. The molecule has 21 nitrogen and oxygen atoms in total. The summed E-state index contributed by atoms with van der Waals surface area (Å²) in [6.45, 7) is 0. The first-order chi connectivity index (χ1) is 12.5. The van der Waals surface area contributed by atoms with E-state index in [2.05, 4.69) is 0 Å². The second-order valence-corrected chi connectivity index (χ2v) is 14.9. The second-order valence-electron chi connectivity index (χ2n) is 4.28. The Labute approximate surface area is 224 Å². The van der Waals surface area contributed by atoms with Crippen molar-refractivity contribution in [1.29, 1.82) is 0 Å². The Morgan fingerprint density at radius 1 is 0.344 bits per heavy atom. The molecule has 0 aromatic heterocycles. The molecule has 29 heteroatoms. The predicted molar refractivity (Wildman–Crippen MR) is 63.7 cm³/mol. The number of hydrogen-bond acceptors (Lipinski definition) is 21. The van der Waals surface area contributed by atoms with E-state index in [1.807, 2.05) is 0 Å². The van der Waals surface area contributed by atoms with Crippen molar-refractivity contribution in [3.8, 4) is 0 Å². The fourth-order valence-corrected chi connectivity index (χ4v) is 4.68. The molecule has 0 saturated carbocycles. The molecule has 0 amide bonds. The normalized spacial score (nSPS) is 13.3. The van der Waals surface area contributed by atoms with Crippen molar-refractivity contribution in [1.82, 2.24) is 0 Å². The van der Waals surface area contributed by atoms with Crippen molar-refractivity contribution in [3.63, 3.8) is 0 Å². The summed E-state index contributed by atoms with van der Waals surface area (Å²) in [6.07, 6.45) is 0. The zero-order chi connectivity index (χ0) is 25.7. The second kappa shape index (κ2) is 16.0. The van der Waals surface area contributed by atoms with Gasteiger partial charge in [0.1, 0.15) is 16.8 Å². The molecule has 0 aromatic rings. The van der Waals surface area contributed by atoms with Gasteiger partial charge in [0.05, 0.1) is 0 Å². The minimum absolute atomic E-state index is 0. The van der Waals surface area contributed by atoms with Crippen molar-refractivity contribution in [2.45, 2.75) is 16.8 Å². The van der Waals surface area contributed by atoms with E-state index in [0.717, 1.165) is 0 Å². The summed E-state index contributed by atoms with van der Waals surface area (Å²) in [5.41, 5.74) is -10.0. The third-order valence-electron chi connectivity index (χ3n) is 1.70. The van der Waals surface area contributed by atoms with Crippen LogP contribution in [-0.4, -0.2) is 32.1 Å². The van der Waals surface area contributed by atoms with Gasteiger partial charge in [-0.25, -0.2) is 0 Å². The Morgan fingerprint density at radius 2 is 0.406 bits per heavy atom. The standard InChI is InChI=1S/3CH6O7P2.2U/c3*2-1(9(3,4)5)10(6,7)8;;/h3*1-2H,(H2,3,4,5)(H2,6,7,8);;/q;;;2*+6/p-12. The maximum Gasteiger partial charge on any atom is 6.00 e. The van der Waals surface area contributed by atoms with Crippen LogP contribution in [-0.2, 0) is 27.4 Å². The van der Waals surface area contributed by atoms with Crippen LogP contribution < -0.4 is 58.7 Å². The van der Waals surface area contributed by atoms with E-state index in [1.165, 1.54) is 0 Å². The van der Waals surface area contributed by atoms with Crippen LogP contribution in [0, 0.1) is 62.2 Å². The molecule has 0 unspecified atom stereocenters. The van der Waals surface area contributed by atoms with E-state index >= 15 is 0 Å². The Balaban J connectivity index is -0.000000110. The van der Waals surface area contributed by atoms with Crippen LogP contribution in [0.4, 0.5) is 0 Å². The maximum atomic E-state index is 9.63. The van der Waals surface area contributed by atoms with Crippen molar-refractivity contribution >= 4 is 45.6 Å². The third kappa shape index (κ3) is 22.1. The Morgan fingerprint density at radius 3 is 0.406 bits per heavy atom. The quantitative estimate of drug-likeness (QED) is 0.208. The first kappa shape index (κ1) is 44.8. The van der Waals surface area contributed by atoms with Gasteiger partial charge in [0.25, 0.3) is 0 Å². The first-order valence-electron chi connectivity index (χ1n) is 5.61. The molecule has 182 valence electrons. The van der Waals surface area contributed by atoms with Crippen molar-refractivity contribution < 1.29 is 164 Å². The number of rotatable bonds is 6. The zero-order valence-corrected chi connectivity index (χ0v) is 27.8. The fourth-order valence-electron chi connectivity index (χ4n) is 0.520. The van der Waals surface area contributed by atoms with Gasteiger partial charge in [-0.2, -0.15) is 0 Å². The molecule has 0 spiro atoms. The summed E-state index contributed by atoms with van der Waals surface area (Å²) < 4.78 is 57.8. The van der Waals surface area contributed by atoms with Crippen molar-refractivity contribution in [2.24, 2.45) is 0 Å². The van der Waals surface area contributed by atoms with Gasteiger partial charge in [-0.15, -0.1) is 0 Å². The van der Waals surface area contributed by atoms with Crippen molar-refractivity contribution in [2.75, 3.05) is 0 Å². The largest absolute Gasteiger partial charge is 6.00 e. The van der Waals surface area contributed by atoms with Gasteiger partial charge in [-0.1, -0.05) is 0 Å². The van der Waals surface area contributed by atoms with Crippen molar-refractivity contribution in [3.05, 3.63) is 0 Å². The van der Waals surface area contributed by atoms with Gasteiger partial charge in [-0.05, 0) is 45.6 Å². The van der Waals surface area contributed by atoms with Gasteiger partial charge in [0, 0.05) is 0 Å². The zero-order valence-electron chi connectivity index (χ0n) is 14.1. The number of aliphatic hydroxyl groups is 3. The van der Waals surface area contributed by atoms with E-state index in [9.17, 15) is 86.1 Å². The van der Waals surface area contributed by atoms with Crippen LogP contribution >= 0.6 is 45.6 Å². The summed E-state index contributed by atoms with van der Waals surface area (Å²) in [7, 11) is -34.3. The summed E-state index contributed by atoms with van der Waals surface area (Å²) in [5.74, 6) is 0. The Hall–Kier alpha value is 2.88. The fraction of sp³-hybridized carbons (Fsp3) is 1.00. The molecule has 0 saturated heterocycles. The first-order valence-corrected chi connectivity index (χ1v) is 15.3. The summed E-state index contributed by atoms with van der Waals surface area (Å²) in [5, 5.41) is 23.8. The van der Waals surface area contributed by atoms with Crippen LogP contribution in [0.1, 0.15) is 0 Å². The average Bonchev–Trinajstić information content (AvgIpc) is 2.40. The molecular weight excluding hydrogens is 1030 g/mol. The van der Waals surface area contributed by atoms with E-state index < -0.39 is 62.3 Å². The van der Waals surface area contributed by atoms with Gasteiger partial charge >= 0.3 is 62.2 Å². The smallest absolute Gasteiger partial charge is 0.809 e. The molecule has 32 heavy (non-hydrogen) atoms. The molecule has 3 N–H and O–H groups in total. The molecule has 0 heterocycles. The summed E-state index contributed by atoms with van der Waals surface area (Å²) >= 11 is 0. The van der Waals surface area contributed by atoms with Crippen LogP contribution in [0.3, 0.4) is 0 Å². The molecule has 0 aliphatic heterocycles. The molecule has 0 fully saturated rings. The van der Waals surface area contributed by atoms with E-state index in [4.69, 9.17) is 15.3 Å². The SMILES string of the molecule is O=P([O-])([O-])C(O)P(=O)([O-])[O-].O=P([O-])([O-])C(O)P(=O)([O-])[O-].O=P([O-])([O-])C(O)P(=O)([O-])[O-].[U+6].[U+6]. The molecule has 0 aromatic carbocycles. The predicted octanol–water partition coefficient (Wildman–Crippen LogP) is -11.7. The molecule has 0 aliphatic rings. The summed E-state index contributed by atoms with van der Waals surface area (Å²) in [4.78, 5) is 116. The molecular formula is C3H6O21P6U2. The van der Waals surface area contributed by atoms with E-state index in [1.54, 1.807) is 0 Å². The van der Waals surface area contributed by atoms with Crippen LogP contribution in [0.25, 0.3) is 0 Å². The van der Waals surface area contributed by atoms with Crippen LogP contribution in [0.5, 0.6) is 0 Å². The molecule has 0 bridgehead atoms. The number of hydrogen-bond donors (Lipinski definition) is 3.